The van der Waals surface area contributed by atoms with Crippen molar-refractivity contribution < 1.29 is 4.42 Å². The number of furan rings is 1. The topological polar surface area (TPSA) is 62.9 Å². The predicted octanol–water partition coefficient (Wildman–Crippen LogP) is 3.75. The van der Waals surface area contributed by atoms with E-state index < -0.39 is 0 Å². The van der Waals surface area contributed by atoms with E-state index in [1.807, 2.05) is 49.9 Å². The average molecular weight is 349 g/mol. The summed E-state index contributed by atoms with van der Waals surface area (Å²) >= 11 is 0. The Kier molecular flexibility index (Phi) is 4.84. The van der Waals surface area contributed by atoms with Crippen LogP contribution in [0, 0.1) is 6.92 Å². The maximum Gasteiger partial charge on any atom is 0.121 e. The molecule has 6 nitrogen and oxygen atoms in total. The van der Waals surface area contributed by atoms with Crippen LogP contribution in [-0.4, -0.2) is 31.0 Å². The van der Waals surface area contributed by atoms with Crippen molar-refractivity contribution >= 4 is 11.0 Å². The van der Waals surface area contributed by atoms with Gasteiger partial charge in [0.1, 0.15) is 17.3 Å². The van der Waals surface area contributed by atoms with E-state index in [0.29, 0.717) is 0 Å². The van der Waals surface area contributed by atoms with Crippen LogP contribution in [0.25, 0.3) is 11.0 Å². The molecular formula is C20H23N5O. The number of aryl methyl sites for hydroxylation is 2. The molecule has 0 saturated heterocycles. The van der Waals surface area contributed by atoms with E-state index >= 15 is 0 Å². The minimum Gasteiger partial charge on any atom is -0.465 e. The van der Waals surface area contributed by atoms with E-state index in [-0.39, 0.29) is 0 Å². The fraction of sp³-hybridized carbons (Fsp3) is 0.300. The number of nitrogens with one attached hydrogen (secondary N) is 1. The Bertz CT molecular complexity index is 921. The number of aromatic amines is 1. The second-order valence-electron chi connectivity index (χ2n) is 6.58. The minimum atomic E-state index is 0.762. The Morgan fingerprint density at radius 2 is 2.08 bits per heavy atom. The summed E-state index contributed by atoms with van der Waals surface area (Å²) in [5.74, 6) is 2.92. The minimum absolute atomic E-state index is 0.762. The van der Waals surface area contributed by atoms with E-state index in [2.05, 4.69) is 31.6 Å². The highest BCUT2D eigenvalue weighted by molar-refractivity contribution is 5.74. The summed E-state index contributed by atoms with van der Waals surface area (Å²) in [6.07, 6.45) is 6.72. The molecule has 6 heteroatoms. The first-order valence-corrected chi connectivity index (χ1v) is 8.93. The summed E-state index contributed by atoms with van der Waals surface area (Å²) in [6.45, 7) is 5.42. The van der Waals surface area contributed by atoms with Gasteiger partial charge in [-0.15, -0.1) is 0 Å². The summed E-state index contributed by atoms with van der Waals surface area (Å²) in [7, 11) is 0. The molecule has 0 bridgehead atoms. The Hall–Kier alpha value is -2.86. The fourth-order valence-electron chi connectivity index (χ4n) is 3.19. The van der Waals surface area contributed by atoms with Crippen molar-refractivity contribution in [1.82, 2.24) is 24.4 Å². The number of imidazole rings is 2. The molecule has 3 aromatic heterocycles. The molecule has 0 aliphatic rings. The Morgan fingerprint density at radius 1 is 1.15 bits per heavy atom. The number of para-hydroxylation sites is 2. The van der Waals surface area contributed by atoms with Gasteiger partial charge in [0.15, 0.2) is 0 Å². The molecule has 1 N–H and O–H groups in total. The third-order valence-electron chi connectivity index (χ3n) is 4.44. The van der Waals surface area contributed by atoms with Crippen LogP contribution in [0.5, 0.6) is 0 Å². The molecule has 0 radical (unpaired) electrons. The first-order chi connectivity index (χ1) is 12.8. The Morgan fingerprint density at radius 3 is 2.85 bits per heavy atom. The maximum atomic E-state index is 5.78. The van der Waals surface area contributed by atoms with Crippen LogP contribution in [-0.2, 0) is 19.6 Å². The second-order valence-corrected chi connectivity index (χ2v) is 6.58. The van der Waals surface area contributed by atoms with Gasteiger partial charge in [0, 0.05) is 25.5 Å². The lowest BCUT2D eigenvalue weighted by Gasteiger charge is -2.20. The highest BCUT2D eigenvalue weighted by Crippen LogP contribution is 2.15. The number of H-pyrrole nitrogens is 1. The van der Waals surface area contributed by atoms with Gasteiger partial charge in [-0.05, 0) is 37.6 Å². The van der Waals surface area contributed by atoms with Crippen molar-refractivity contribution in [3.8, 4) is 0 Å². The molecule has 0 aliphatic carbocycles. The van der Waals surface area contributed by atoms with Gasteiger partial charge in [-0.25, -0.2) is 9.97 Å². The molecule has 0 aliphatic heterocycles. The van der Waals surface area contributed by atoms with Gasteiger partial charge < -0.3 is 14.0 Å². The summed E-state index contributed by atoms with van der Waals surface area (Å²) in [5.41, 5.74) is 2.09. The highest BCUT2D eigenvalue weighted by Gasteiger charge is 2.12. The van der Waals surface area contributed by atoms with Crippen LogP contribution in [0.4, 0.5) is 0 Å². The zero-order valence-electron chi connectivity index (χ0n) is 14.9. The Balaban J connectivity index is 1.45. The molecule has 1 aromatic carbocycles. The predicted molar refractivity (Wildman–Crippen MR) is 100 cm³/mol. The monoisotopic (exact) mass is 349 g/mol. The zero-order chi connectivity index (χ0) is 17.8. The van der Waals surface area contributed by atoms with E-state index in [9.17, 15) is 0 Å². The summed E-state index contributed by atoms with van der Waals surface area (Å²) in [5, 5.41) is 0. The highest BCUT2D eigenvalue weighted by atomic mass is 16.3. The third kappa shape index (κ3) is 4.03. The number of hydrogen-bond donors (Lipinski definition) is 1. The molecule has 0 amide bonds. The van der Waals surface area contributed by atoms with Crippen molar-refractivity contribution in [2.24, 2.45) is 0 Å². The summed E-state index contributed by atoms with van der Waals surface area (Å²) in [4.78, 5) is 14.6. The molecule has 26 heavy (non-hydrogen) atoms. The van der Waals surface area contributed by atoms with E-state index in [4.69, 9.17) is 9.40 Å². The SMILES string of the molecule is Cc1ccc(CN(CCCn2ccnc2)Cc2nc3ccccc3[nH]2)o1. The number of rotatable bonds is 8. The lowest BCUT2D eigenvalue weighted by Crippen LogP contribution is -2.25. The third-order valence-corrected chi connectivity index (χ3v) is 4.44. The van der Waals surface area contributed by atoms with Gasteiger partial charge in [-0.1, -0.05) is 12.1 Å². The molecule has 134 valence electrons. The first-order valence-electron chi connectivity index (χ1n) is 8.93. The van der Waals surface area contributed by atoms with E-state index in [1.165, 1.54) is 0 Å². The molecule has 0 atom stereocenters. The van der Waals surface area contributed by atoms with Crippen molar-refractivity contribution in [3.63, 3.8) is 0 Å². The second kappa shape index (κ2) is 7.58. The largest absolute Gasteiger partial charge is 0.465 e. The van der Waals surface area contributed by atoms with Crippen molar-refractivity contribution in [3.05, 3.63) is 72.5 Å². The van der Waals surface area contributed by atoms with Crippen LogP contribution >= 0.6 is 0 Å². The summed E-state index contributed by atoms with van der Waals surface area (Å²) < 4.78 is 7.88. The number of benzene rings is 1. The van der Waals surface area contributed by atoms with Gasteiger partial charge in [0.2, 0.25) is 0 Å². The smallest absolute Gasteiger partial charge is 0.121 e. The van der Waals surface area contributed by atoms with E-state index in [0.717, 1.165) is 61.0 Å². The molecular weight excluding hydrogens is 326 g/mol. The van der Waals surface area contributed by atoms with Gasteiger partial charge in [-0.3, -0.25) is 4.90 Å². The molecule has 0 spiro atoms. The Labute approximate surface area is 152 Å². The average Bonchev–Trinajstić information content (AvgIpc) is 3.35. The van der Waals surface area contributed by atoms with Crippen LogP contribution < -0.4 is 0 Å². The van der Waals surface area contributed by atoms with Crippen molar-refractivity contribution in [1.29, 1.82) is 0 Å². The van der Waals surface area contributed by atoms with Gasteiger partial charge in [0.05, 0.1) is 30.5 Å². The summed E-state index contributed by atoms with van der Waals surface area (Å²) in [6, 6.07) is 12.2. The molecule has 3 heterocycles. The molecule has 0 unspecified atom stereocenters. The zero-order valence-corrected chi connectivity index (χ0v) is 14.9. The van der Waals surface area contributed by atoms with Crippen LogP contribution in [0.1, 0.15) is 23.8 Å². The van der Waals surface area contributed by atoms with Crippen LogP contribution in [0.15, 0.2) is 59.5 Å². The first kappa shape index (κ1) is 16.6. The number of nitrogens with zero attached hydrogens (tertiary/aromatic N) is 4. The normalized spacial score (nSPS) is 11.6. The molecule has 0 fully saturated rings. The number of aromatic nitrogens is 4. The van der Waals surface area contributed by atoms with E-state index in [1.54, 1.807) is 0 Å². The van der Waals surface area contributed by atoms with Crippen LogP contribution in [0.3, 0.4) is 0 Å². The molecule has 4 rings (SSSR count). The maximum absolute atomic E-state index is 5.78. The van der Waals surface area contributed by atoms with Crippen LogP contribution in [0.2, 0.25) is 0 Å². The van der Waals surface area contributed by atoms with Crippen molar-refractivity contribution in [2.75, 3.05) is 6.54 Å². The fourth-order valence-corrected chi connectivity index (χ4v) is 3.19. The van der Waals surface area contributed by atoms with Gasteiger partial charge in [-0.2, -0.15) is 0 Å². The standard InChI is InChI=1S/C20H23N5O/c1-16-7-8-17(26-16)13-25(11-4-10-24-12-9-21-15-24)14-20-22-18-5-2-3-6-19(18)23-20/h2-3,5-9,12,15H,4,10-11,13-14H2,1H3,(H,22,23). The van der Waals surface area contributed by atoms with Gasteiger partial charge >= 0.3 is 0 Å². The lowest BCUT2D eigenvalue weighted by atomic mass is 10.3. The quantitative estimate of drug-likeness (QED) is 0.526. The lowest BCUT2D eigenvalue weighted by molar-refractivity contribution is 0.223. The number of hydrogen-bond acceptors (Lipinski definition) is 4. The van der Waals surface area contributed by atoms with Gasteiger partial charge in [0.25, 0.3) is 0 Å². The van der Waals surface area contributed by atoms with Crippen molar-refractivity contribution in [2.45, 2.75) is 33.0 Å². The molecule has 0 saturated carbocycles. The number of fused-ring (bicyclic) bond motifs is 1. The molecule has 4 aromatic rings.